The van der Waals surface area contributed by atoms with Crippen molar-refractivity contribution in [1.29, 1.82) is 0 Å². The molecular formula is C21H24N6O3. The van der Waals surface area contributed by atoms with Gasteiger partial charge in [-0.3, -0.25) is 4.79 Å². The minimum Gasteiger partial charge on any atom is -0.481 e. The zero-order chi connectivity index (χ0) is 20.7. The Morgan fingerprint density at radius 2 is 2.10 bits per heavy atom. The van der Waals surface area contributed by atoms with Crippen LogP contribution in [0.15, 0.2) is 24.7 Å². The van der Waals surface area contributed by atoms with Crippen molar-refractivity contribution in [2.24, 2.45) is 5.92 Å². The summed E-state index contributed by atoms with van der Waals surface area (Å²) >= 11 is 0. The Labute approximate surface area is 174 Å². The minimum absolute atomic E-state index is 0.0814. The fourth-order valence-corrected chi connectivity index (χ4v) is 3.95. The molecule has 1 saturated carbocycles. The SMILES string of the molecule is CCn1c(-c2ccnc(OC)c2)nc2c(OC3CCN(C(=O)C4CC4)C3)ncnc21. The standard InChI is InChI=1S/C21H24N6O3/c1-3-27-18(14-6-8-22-16(10-14)29-2)25-17-19(27)23-12-24-20(17)30-15-7-9-26(11-15)21(28)13-4-5-13/h6,8,10,12-13,15H,3-5,7,9,11H2,1-2H3. The number of nitrogens with zero attached hydrogens (tertiary/aromatic N) is 6. The fourth-order valence-electron chi connectivity index (χ4n) is 3.95. The Morgan fingerprint density at radius 3 is 2.87 bits per heavy atom. The average molecular weight is 408 g/mol. The van der Waals surface area contributed by atoms with Crippen molar-refractivity contribution in [3.63, 3.8) is 0 Å². The molecule has 9 heteroatoms. The van der Waals surface area contributed by atoms with Crippen LogP contribution in [0.3, 0.4) is 0 Å². The van der Waals surface area contributed by atoms with Crippen LogP contribution in [0.25, 0.3) is 22.6 Å². The van der Waals surface area contributed by atoms with Crippen molar-refractivity contribution in [2.45, 2.75) is 38.8 Å². The third-order valence-corrected chi connectivity index (χ3v) is 5.68. The van der Waals surface area contributed by atoms with Crippen LogP contribution in [0.5, 0.6) is 11.8 Å². The number of hydrogen-bond acceptors (Lipinski definition) is 7. The van der Waals surface area contributed by atoms with Crippen molar-refractivity contribution < 1.29 is 14.3 Å². The van der Waals surface area contributed by atoms with Crippen LogP contribution in [-0.2, 0) is 11.3 Å². The Hall–Kier alpha value is -3.23. The zero-order valence-corrected chi connectivity index (χ0v) is 17.1. The number of aryl methyl sites for hydroxylation is 1. The van der Waals surface area contributed by atoms with Crippen molar-refractivity contribution in [1.82, 2.24) is 29.4 Å². The molecule has 1 saturated heterocycles. The van der Waals surface area contributed by atoms with Crippen LogP contribution in [-0.4, -0.2) is 61.6 Å². The van der Waals surface area contributed by atoms with Crippen LogP contribution in [0.2, 0.25) is 0 Å². The van der Waals surface area contributed by atoms with E-state index in [-0.39, 0.29) is 17.9 Å². The smallest absolute Gasteiger partial charge is 0.245 e. The molecule has 3 aromatic rings. The molecule has 0 bridgehead atoms. The number of aromatic nitrogens is 5. The lowest BCUT2D eigenvalue weighted by Gasteiger charge is -2.16. The lowest BCUT2D eigenvalue weighted by atomic mass is 10.2. The number of hydrogen-bond donors (Lipinski definition) is 0. The van der Waals surface area contributed by atoms with Crippen molar-refractivity contribution in [3.8, 4) is 23.1 Å². The first-order valence-corrected chi connectivity index (χ1v) is 10.3. The highest BCUT2D eigenvalue weighted by atomic mass is 16.5. The third kappa shape index (κ3) is 3.34. The van der Waals surface area contributed by atoms with E-state index in [2.05, 4.69) is 15.0 Å². The number of amides is 1. The van der Waals surface area contributed by atoms with E-state index in [0.717, 1.165) is 42.8 Å². The van der Waals surface area contributed by atoms with Gasteiger partial charge in [-0.2, -0.15) is 4.98 Å². The molecule has 4 heterocycles. The van der Waals surface area contributed by atoms with Gasteiger partial charge in [-0.1, -0.05) is 0 Å². The number of ether oxygens (including phenoxy) is 2. The van der Waals surface area contributed by atoms with Gasteiger partial charge in [0, 0.05) is 43.3 Å². The molecule has 156 valence electrons. The van der Waals surface area contributed by atoms with Gasteiger partial charge in [0.25, 0.3) is 0 Å². The molecule has 0 radical (unpaired) electrons. The van der Waals surface area contributed by atoms with Crippen molar-refractivity contribution in [2.75, 3.05) is 20.2 Å². The van der Waals surface area contributed by atoms with E-state index in [1.54, 1.807) is 13.3 Å². The quantitative estimate of drug-likeness (QED) is 0.618. The van der Waals surface area contributed by atoms with E-state index in [4.69, 9.17) is 14.5 Å². The molecule has 2 aliphatic rings. The summed E-state index contributed by atoms with van der Waals surface area (Å²) in [5.74, 6) is 2.24. The normalized spacial score (nSPS) is 18.7. The minimum atomic E-state index is -0.0814. The second-order valence-electron chi connectivity index (χ2n) is 7.70. The summed E-state index contributed by atoms with van der Waals surface area (Å²) in [6.07, 6.45) is 5.95. The van der Waals surface area contributed by atoms with Crippen LogP contribution in [0.4, 0.5) is 0 Å². The number of imidazole rings is 1. The summed E-state index contributed by atoms with van der Waals surface area (Å²) in [6.45, 7) is 4.08. The summed E-state index contributed by atoms with van der Waals surface area (Å²) < 4.78 is 13.5. The van der Waals surface area contributed by atoms with Crippen molar-refractivity contribution >= 4 is 17.1 Å². The number of carbonyl (C=O) groups is 1. The molecule has 9 nitrogen and oxygen atoms in total. The maximum absolute atomic E-state index is 12.3. The van der Waals surface area contributed by atoms with Crippen LogP contribution >= 0.6 is 0 Å². The number of methoxy groups -OCH3 is 1. The van der Waals surface area contributed by atoms with Crippen LogP contribution < -0.4 is 9.47 Å². The fraction of sp³-hybridized carbons (Fsp3) is 0.476. The number of pyridine rings is 1. The molecule has 2 fully saturated rings. The molecule has 1 aliphatic heterocycles. The lowest BCUT2D eigenvalue weighted by Crippen LogP contribution is -2.32. The first-order valence-electron chi connectivity index (χ1n) is 10.3. The van der Waals surface area contributed by atoms with Crippen LogP contribution in [0.1, 0.15) is 26.2 Å². The second-order valence-corrected chi connectivity index (χ2v) is 7.70. The maximum atomic E-state index is 12.3. The molecule has 5 rings (SSSR count). The van der Waals surface area contributed by atoms with E-state index in [1.165, 1.54) is 6.33 Å². The predicted molar refractivity (Wildman–Crippen MR) is 109 cm³/mol. The summed E-state index contributed by atoms with van der Waals surface area (Å²) in [5.41, 5.74) is 2.23. The van der Waals surface area contributed by atoms with Gasteiger partial charge >= 0.3 is 0 Å². The molecule has 0 spiro atoms. The third-order valence-electron chi connectivity index (χ3n) is 5.68. The second kappa shape index (κ2) is 7.55. The highest BCUT2D eigenvalue weighted by Crippen LogP contribution is 2.33. The van der Waals surface area contributed by atoms with Gasteiger partial charge in [-0.15, -0.1) is 0 Å². The molecule has 1 aliphatic carbocycles. The largest absolute Gasteiger partial charge is 0.481 e. The van der Waals surface area contributed by atoms with Gasteiger partial charge in [0.2, 0.25) is 17.7 Å². The highest BCUT2D eigenvalue weighted by molar-refractivity contribution is 5.82. The van der Waals surface area contributed by atoms with E-state index in [1.807, 2.05) is 28.5 Å². The Balaban J connectivity index is 1.45. The Bertz CT molecular complexity index is 1090. The first kappa shape index (κ1) is 18.8. The first-order chi connectivity index (χ1) is 14.7. The van der Waals surface area contributed by atoms with E-state index in [9.17, 15) is 4.79 Å². The summed E-state index contributed by atoms with van der Waals surface area (Å²) in [6, 6.07) is 3.74. The maximum Gasteiger partial charge on any atom is 0.245 e. The van der Waals surface area contributed by atoms with Gasteiger partial charge < -0.3 is 18.9 Å². The molecule has 1 atom stereocenters. The molecule has 3 aromatic heterocycles. The van der Waals surface area contributed by atoms with E-state index < -0.39 is 0 Å². The summed E-state index contributed by atoms with van der Waals surface area (Å²) in [4.78, 5) is 32.0. The molecule has 0 N–H and O–H groups in total. The van der Waals surface area contributed by atoms with E-state index >= 15 is 0 Å². The lowest BCUT2D eigenvalue weighted by molar-refractivity contribution is -0.131. The Kier molecular flexibility index (Phi) is 4.72. The Morgan fingerprint density at radius 1 is 1.23 bits per heavy atom. The monoisotopic (exact) mass is 408 g/mol. The zero-order valence-electron chi connectivity index (χ0n) is 17.1. The van der Waals surface area contributed by atoms with Gasteiger partial charge in [0.1, 0.15) is 18.3 Å². The molecule has 0 aromatic carbocycles. The van der Waals surface area contributed by atoms with Crippen molar-refractivity contribution in [3.05, 3.63) is 24.7 Å². The number of likely N-dealkylation sites (tertiary alicyclic amines) is 1. The topological polar surface area (TPSA) is 95.3 Å². The molecular weight excluding hydrogens is 384 g/mol. The number of carbonyl (C=O) groups excluding carboxylic acids is 1. The molecule has 1 unspecified atom stereocenters. The highest BCUT2D eigenvalue weighted by Gasteiger charge is 2.37. The predicted octanol–water partition coefficient (Wildman–Crippen LogP) is 2.31. The number of rotatable bonds is 6. The van der Waals surface area contributed by atoms with Gasteiger partial charge in [-0.05, 0) is 25.8 Å². The molecule has 30 heavy (non-hydrogen) atoms. The average Bonchev–Trinajstić information content (AvgIpc) is 3.40. The number of fused-ring (bicyclic) bond motifs is 1. The van der Waals surface area contributed by atoms with Gasteiger partial charge in [-0.25, -0.2) is 15.0 Å². The molecule has 1 amide bonds. The van der Waals surface area contributed by atoms with E-state index in [0.29, 0.717) is 30.4 Å². The van der Waals surface area contributed by atoms with Gasteiger partial charge in [0.05, 0.1) is 13.7 Å². The summed E-state index contributed by atoms with van der Waals surface area (Å²) in [5, 5.41) is 0. The van der Waals surface area contributed by atoms with Crippen LogP contribution in [0, 0.1) is 5.92 Å². The van der Waals surface area contributed by atoms with Gasteiger partial charge in [0.15, 0.2) is 11.2 Å². The summed E-state index contributed by atoms with van der Waals surface area (Å²) in [7, 11) is 1.59.